The Bertz CT molecular complexity index is 425. The first-order chi connectivity index (χ1) is 9.58. The first-order valence-electron chi connectivity index (χ1n) is 7.38. The maximum Gasteiger partial charge on any atom is 0.0924 e. The molecule has 2 rings (SSSR count). The second-order valence-corrected chi connectivity index (χ2v) is 5.77. The van der Waals surface area contributed by atoms with Gasteiger partial charge in [-0.05, 0) is 44.3 Å². The Hall–Kier alpha value is -1.39. The van der Waals surface area contributed by atoms with Crippen molar-refractivity contribution in [3.63, 3.8) is 0 Å². The average molecular weight is 275 g/mol. The van der Waals surface area contributed by atoms with Crippen molar-refractivity contribution in [2.24, 2.45) is 11.7 Å². The predicted molar refractivity (Wildman–Crippen MR) is 81.7 cm³/mol. The molecule has 0 amide bonds. The number of piperidine rings is 1. The van der Waals surface area contributed by atoms with Crippen LogP contribution in [0.2, 0.25) is 0 Å². The molecule has 4 nitrogen and oxygen atoms in total. The number of hydrogen-bond acceptors (Lipinski definition) is 3. The summed E-state index contributed by atoms with van der Waals surface area (Å²) in [7, 11) is 0. The van der Waals surface area contributed by atoms with Gasteiger partial charge in [0.1, 0.15) is 0 Å². The Morgan fingerprint density at radius 1 is 1.35 bits per heavy atom. The number of benzene rings is 1. The molecule has 0 saturated carbocycles. The van der Waals surface area contributed by atoms with Gasteiger partial charge in [-0.2, -0.15) is 0 Å². The second-order valence-electron chi connectivity index (χ2n) is 5.77. The molecule has 4 heteroatoms. The van der Waals surface area contributed by atoms with Gasteiger partial charge in [0.15, 0.2) is 0 Å². The van der Waals surface area contributed by atoms with E-state index in [1.54, 1.807) is 0 Å². The minimum atomic E-state index is -0.222. The fourth-order valence-corrected chi connectivity index (χ4v) is 3.05. The smallest absolute Gasteiger partial charge is 0.0924 e. The minimum absolute atomic E-state index is 0.184. The zero-order chi connectivity index (χ0) is 14.5. The molecule has 4 N–H and O–H groups in total. The number of aliphatic hydroxyl groups excluding tert-OH is 1. The molecule has 1 aliphatic heterocycles. The molecule has 1 saturated heterocycles. The number of nitrogens with one attached hydrogen (secondary N) is 1. The van der Waals surface area contributed by atoms with Gasteiger partial charge in [0.2, 0.25) is 0 Å². The Labute approximate surface area is 121 Å². The van der Waals surface area contributed by atoms with E-state index in [0.29, 0.717) is 12.3 Å². The number of hydrogen-bond donors (Lipinski definition) is 3. The fraction of sp³-hybridized carbons (Fsp3) is 0.562. The lowest BCUT2D eigenvalue weighted by atomic mass is 9.90. The second kappa shape index (κ2) is 6.86. The van der Waals surface area contributed by atoms with Gasteiger partial charge in [-0.15, -0.1) is 0 Å². The van der Waals surface area contributed by atoms with Gasteiger partial charge in [-0.1, -0.05) is 30.3 Å². The van der Waals surface area contributed by atoms with Crippen molar-refractivity contribution in [1.29, 1.82) is 5.41 Å². The summed E-state index contributed by atoms with van der Waals surface area (Å²) in [5.41, 5.74) is 6.85. The van der Waals surface area contributed by atoms with Crippen molar-refractivity contribution >= 4 is 5.84 Å². The van der Waals surface area contributed by atoms with Crippen LogP contribution in [-0.4, -0.2) is 35.0 Å². The lowest BCUT2D eigenvalue weighted by Gasteiger charge is -2.38. The van der Waals surface area contributed by atoms with E-state index < -0.39 is 0 Å². The summed E-state index contributed by atoms with van der Waals surface area (Å²) >= 11 is 0. The fourth-order valence-electron chi connectivity index (χ4n) is 3.05. The van der Waals surface area contributed by atoms with Crippen LogP contribution < -0.4 is 5.73 Å². The van der Waals surface area contributed by atoms with Gasteiger partial charge < -0.3 is 10.8 Å². The standard InChI is InChI=1S/C16H25N3O/c1-12(20)13-7-9-19(10-8-13)15(11-16(17)18)14-5-3-2-4-6-14/h2-6,12-13,15,20H,7-11H2,1H3,(H3,17,18). The molecule has 20 heavy (non-hydrogen) atoms. The highest BCUT2D eigenvalue weighted by Gasteiger charge is 2.28. The topological polar surface area (TPSA) is 73.3 Å². The van der Waals surface area contributed by atoms with E-state index >= 15 is 0 Å². The minimum Gasteiger partial charge on any atom is -0.393 e. The molecule has 1 heterocycles. The Morgan fingerprint density at radius 2 is 1.95 bits per heavy atom. The summed E-state index contributed by atoms with van der Waals surface area (Å²) in [6.07, 6.45) is 2.38. The number of rotatable bonds is 5. The van der Waals surface area contributed by atoms with E-state index in [2.05, 4.69) is 17.0 Å². The van der Waals surface area contributed by atoms with Crippen LogP contribution in [0, 0.1) is 11.3 Å². The van der Waals surface area contributed by atoms with E-state index in [1.807, 2.05) is 25.1 Å². The van der Waals surface area contributed by atoms with E-state index in [9.17, 15) is 5.11 Å². The number of nitrogens with zero attached hydrogens (tertiary/aromatic N) is 1. The van der Waals surface area contributed by atoms with Gasteiger partial charge in [-0.25, -0.2) is 0 Å². The number of likely N-dealkylation sites (tertiary alicyclic amines) is 1. The quantitative estimate of drug-likeness (QED) is 0.569. The number of amidine groups is 1. The van der Waals surface area contributed by atoms with Crippen LogP contribution in [0.5, 0.6) is 0 Å². The molecule has 1 aliphatic rings. The molecule has 0 bridgehead atoms. The van der Waals surface area contributed by atoms with Crippen LogP contribution in [0.4, 0.5) is 0 Å². The Balaban J connectivity index is 2.07. The highest BCUT2D eigenvalue weighted by atomic mass is 16.3. The molecule has 1 aromatic rings. The molecular formula is C16H25N3O. The van der Waals surface area contributed by atoms with Crippen molar-refractivity contribution in [3.8, 4) is 0 Å². The number of aliphatic hydroxyl groups is 1. The van der Waals surface area contributed by atoms with Gasteiger partial charge in [0, 0.05) is 12.5 Å². The predicted octanol–water partition coefficient (Wildman–Crippen LogP) is 2.15. The first kappa shape index (κ1) is 15.0. The summed E-state index contributed by atoms with van der Waals surface area (Å²) in [4.78, 5) is 2.40. The van der Waals surface area contributed by atoms with Crippen molar-refractivity contribution < 1.29 is 5.11 Å². The van der Waals surface area contributed by atoms with Crippen molar-refractivity contribution in [1.82, 2.24) is 4.90 Å². The average Bonchev–Trinajstić information content (AvgIpc) is 2.45. The highest BCUT2D eigenvalue weighted by Crippen LogP contribution is 2.30. The first-order valence-corrected chi connectivity index (χ1v) is 7.38. The van der Waals surface area contributed by atoms with Crippen LogP contribution in [0.25, 0.3) is 0 Å². The van der Waals surface area contributed by atoms with Crippen LogP contribution in [0.15, 0.2) is 30.3 Å². The molecular weight excluding hydrogens is 250 g/mol. The summed E-state index contributed by atoms with van der Waals surface area (Å²) < 4.78 is 0. The Morgan fingerprint density at radius 3 is 2.45 bits per heavy atom. The van der Waals surface area contributed by atoms with Gasteiger partial charge in [0.25, 0.3) is 0 Å². The largest absolute Gasteiger partial charge is 0.393 e. The molecule has 0 spiro atoms. The lowest BCUT2D eigenvalue weighted by Crippen LogP contribution is -2.40. The van der Waals surface area contributed by atoms with Crippen molar-refractivity contribution in [3.05, 3.63) is 35.9 Å². The maximum absolute atomic E-state index is 9.69. The van der Waals surface area contributed by atoms with E-state index in [0.717, 1.165) is 25.9 Å². The molecule has 0 aromatic heterocycles. The van der Waals surface area contributed by atoms with Crippen molar-refractivity contribution in [2.75, 3.05) is 13.1 Å². The van der Waals surface area contributed by atoms with Crippen LogP contribution in [0.3, 0.4) is 0 Å². The lowest BCUT2D eigenvalue weighted by molar-refractivity contribution is 0.0565. The monoisotopic (exact) mass is 275 g/mol. The molecule has 1 aromatic carbocycles. The van der Waals surface area contributed by atoms with Gasteiger partial charge in [-0.3, -0.25) is 10.3 Å². The van der Waals surface area contributed by atoms with Gasteiger partial charge >= 0.3 is 0 Å². The molecule has 0 radical (unpaired) electrons. The van der Waals surface area contributed by atoms with E-state index in [1.165, 1.54) is 5.56 Å². The third kappa shape index (κ3) is 3.81. The normalized spacial score (nSPS) is 20.5. The molecule has 0 aliphatic carbocycles. The van der Waals surface area contributed by atoms with Crippen LogP contribution in [-0.2, 0) is 0 Å². The van der Waals surface area contributed by atoms with Gasteiger partial charge in [0.05, 0.1) is 11.9 Å². The molecule has 110 valence electrons. The van der Waals surface area contributed by atoms with E-state index in [4.69, 9.17) is 11.1 Å². The highest BCUT2D eigenvalue weighted by molar-refractivity contribution is 5.77. The summed E-state index contributed by atoms with van der Waals surface area (Å²) in [6, 6.07) is 10.5. The zero-order valence-corrected chi connectivity index (χ0v) is 12.1. The number of nitrogens with two attached hydrogens (primary N) is 1. The third-order valence-electron chi connectivity index (χ3n) is 4.29. The molecule has 1 fully saturated rings. The van der Waals surface area contributed by atoms with Crippen LogP contribution in [0.1, 0.15) is 37.8 Å². The summed E-state index contributed by atoms with van der Waals surface area (Å²) in [6.45, 7) is 3.80. The molecule has 2 atom stereocenters. The Kier molecular flexibility index (Phi) is 5.15. The van der Waals surface area contributed by atoms with Crippen molar-refractivity contribution in [2.45, 2.75) is 38.3 Å². The SMILES string of the molecule is CC(O)C1CCN(C(CC(=N)N)c2ccccc2)CC1. The summed E-state index contributed by atoms with van der Waals surface area (Å²) in [5.74, 6) is 0.636. The summed E-state index contributed by atoms with van der Waals surface area (Å²) in [5, 5.41) is 17.3. The van der Waals surface area contributed by atoms with Crippen LogP contribution >= 0.6 is 0 Å². The van der Waals surface area contributed by atoms with E-state index in [-0.39, 0.29) is 18.0 Å². The molecule has 2 unspecified atom stereocenters. The third-order valence-corrected chi connectivity index (χ3v) is 4.29. The maximum atomic E-state index is 9.69. The zero-order valence-electron chi connectivity index (χ0n) is 12.1.